The number of anilines is 1. The Hall–Kier alpha value is -3.84. The van der Waals surface area contributed by atoms with Crippen LogP contribution in [0.25, 0.3) is 10.4 Å². The predicted molar refractivity (Wildman–Crippen MR) is 164 cm³/mol. The Bertz CT molecular complexity index is 1790. The number of benzene rings is 3. The van der Waals surface area contributed by atoms with Crippen LogP contribution in [0.3, 0.4) is 0 Å². The smallest absolute Gasteiger partial charge is 0.266 e. The molecule has 5 aliphatic heterocycles. The van der Waals surface area contributed by atoms with Crippen LogP contribution < -0.4 is 9.04 Å². The zero-order chi connectivity index (χ0) is 30.0. The third-order valence-corrected chi connectivity index (χ3v) is 13.6. The maximum Gasteiger partial charge on any atom is 0.266 e. The quantitative estimate of drug-likeness (QED) is 0.115. The van der Waals surface area contributed by atoms with E-state index >= 15 is 0 Å². The van der Waals surface area contributed by atoms with Gasteiger partial charge in [0.05, 0.1) is 22.6 Å². The van der Waals surface area contributed by atoms with Crippen molar-refractivity contribution in [3.63, 3.8) is 0 Å². The molecule has 1 spiro atoms. The lowest BCUT2D eigenvalue weighted by atomic mass is 9.72. The first-order valence-corrected chi connectivity index (χ1v) is 17.3. The van der Waals surface area contributed by atoms with Crippen LogP contribution in [-0.2, 0) is 25.0 Å². The Morgan fingerprint density at radius 2 is 1.77 bits per heavy atom. The van der Waals surface area contributed by atoms with Gasteiger partial charge >= 0.3 is 0 Å². The summed E-state index contributed by atoms with van der Waals surface area (Å²) < 4.78 is 36.3. The Kier molecular flexibility index (Phi) is 6.58. The van der Waals surface area contributed by atoms with Crippen LogP contribution in [0.1, 0.15) is 24.0 Å². The zero-order valence-corrected chi connectivity index (χ0v) is 25.4. The van der Waals surface area contributed by atoms with E-state index in [4.69, 9.17) is 10.3 Å². The number of hydrogen-bond acceptors (Lipinski definition) is 8. The van der Waals surface area contributed by atoms with Gasteiger partial charge in [0.25, 0.3) is 21.8 Å². The van der Waals surface area contributed by atoms with Crippen molar-refractivity contribution in [3.8, 4) is 5.75 Å². The molecule has 0 N–H and O–H groups in total. The summed E-state index contributed by atoms with van der Waals surface area (Å²) in [5.74, 6) is 0.118. The van der Waals surface area contributed by atoms with Crippen LogP contribution in [0.2, 0.25) is 0 Å². The molecule has 3 aromatic rings. The average Bonchev–Trinajstić information content (AvgIpc) is 3.49. The van der Waals surface area contributed by atoms with Crippen LogP contribution >= 0.6 is 21.6 Å². The summed E-state index contributed by atoms with van der Waals surface area (Å²) in [6.45, 7) is 0.687. The molecule has 5 aliphatic rings. The van der Waals surface area contributed by atoms with E-state index < -0.39 is 31.8 Å². The lowest BCUT2D eigenvalue weighted by molar-refractivity contribution is -0.158. The van der Waals surface area contributed by atoms with Gasteiger partial charge in [0.15, 0.2) is 10.2 Å². The van der Waals surface area contributed by atoms with Crippen LogP contribution in [0.5, 0.6) is 5.75 Å². The molecule has 4 atom stereocenters. The van der Waals surface area contributed by atoms with Crippen molar-refractivity contribution in [2.24, 2.45) is 5.11 Å². The standard InChI is InChI=1S/C29H26N6O5S3/c1-33-25-24(36)34-26-28(18-29(34,27(33)37)42-41-25,19-12-14-20(15-13-19)40-17-7-16-31-32-30)22-10-5-6-11-23(22)35(26)43(38,39)21-8-3-2-4-9-21/h2-6,8-15,25-26H,7,16-18H2,1H3/t25-,26-,28-,29-/m0/s1. The molecule has 3 aromatic carbocycles. The largest absolute Gasteiger partial charge is 0.494 e. The van der Waals surface area contributed by atoms with Crippen molar-refractivity contribution in [2.45, 2.75) is 39.6 Å². The Balaban J connectivity index is 1.41. The maximum atomic E-state index is 14.5. The summed E-state index contributed by atoms with van der Waals surface area (Å²) in [5, 5.41) is 2.78. The number of ether oxygens (including phenoxy) is 1. The van der Waals surface area contributed by atoms with Crippen molar-refractivity contribution in [2.75, 3.05) is 24.5 Å². The fourth-order valence-electron chi connectivity index (χ4n) is 6.76. The van der Waals surface area contributed by atoms with Crippen molar-refractivity contribution in [1.82, 2.24) is 9.80 Å². The van der Waals surface area contributed by atoms with Gasteiger partial charge in [-0.15, -0.1) is 0 Å². The molecule has 2 amide bonds. The van der Waals surface area contributed by atoms with Crippen molar-refractivity contribution in [3.05, 3.63) is 100 Å². The van der Waals surface area contributed by atoms with Crippen LogP contribution in [0.15, 0.2) is 88.9 Å². The molecule has 4 saturated heterocycles. The number of para-hydroxylation sites is 1. The number of hydrogen-bond donors (Lipinski definition) is 0. The highest BCUT2D eigenvalue weighted by Gasteiger charge is 2.77. The number of azide groups is 1. The van der Waals surface area contributed by atoms with E-state index in [0.29, 0.717) is 31.0 Å². The Morgan fingerprint density at radius 1 is 1.05 bits per heavy atom. The van der Waals surface area contributed by atoms with Gasteiger partial charge in [0.1, 0.15) is 11.9 Å². The van der Waals surface area contributed by atoms with E-state index in [1.807, 2.05) is 36.4 Å². The van der Waals surface area contributed by atoms with Gasteiger partial charge in [0, 0.05) is 24.9 Å². The minimum atomic E-state index is -4.17. The Labute approximate surface area is 256 Å². The summed E-state index contributed by atoms with van der Waals surface area (Å²) in [6.07, 6.45) is -0.247. The van der Waals surface area contributed by atoms with E-state index in [2.05, 4.69) is 10.0 Å². The SMILES string of the molecule is CN1C(=O)[C@@]23C[C@]4(c5ccc(OCCCN=[N+]=[N-])cc5)c5ccccc5N(S(=O)(=O)c5ccccc5)[C@@H]4N2C(=O)[C@@H]1SS3. The van der Waals surface area contributed by atoms with Gasteiger partial charge < -0.3 is 9.64 Å². The lowest BCUT2D eigenvalue weighted by Crippen LogP contribution is -2.72. The number of carbonyl (C=O) groups excluding carboxylic acids is 2. The molecule has 11 nitrogen and oxygen atoms in total. The lowest BCUT2D eigenvalue weighted by Gasteiger charge is -2.53. The maximum absolute atomic E-state index is 14.5. The molecule has 0 aliphatic carbocycles. The fraction of sp³-hybridized carbons (Fsp3) is 0.310. The minimum absolute atomic E-state index is 0.103. The number of fused-ring (bicyclic) bond motifs is 5. The van der Waals surface area contributed by atoms with E-state index in [0.717, 1.165) is 11.1 Å². The van der Waals surface area contributed by atoms with Gasteiger partial charge in [-0.3, -0.25) is 14.5 Å². The van der Waals surface area contributed by atoms with Gasteiger partial charge in [-0.05, 0) is 53.4 Å². The number of nitrogens with zero attached hydrogens (tertiary/aromatic N) is 6. The first-order chi connectivity index (χ1) is 20.8. The van der Waals surface area contributed by atoms with Crippen LogP contribution in [-0.4, -0.2) is 66.6 Å². The number of amides is 2. The molecule has 4 fully saturated rings. The summed E-state index contributed by atoms with van der Waals surface area (Å²) >= 11 is 0. The third kappa shape index (κ3) is 3.83. The van der Waals surface area contributed by atoms with Crippen molar-refractivity contribution >= 4 is 49.1 Å². The highest BCUT2D eigenvalue weighted by atomic mass is 33.1. The first-order valence-electron chi connectivity index (χ1n) is 13.7. The first kappa shape index (κ1) is 28.0. The third-order valence-electron chi connectivity index (χ3n) is 8.57. The van der Waals surface area contributed by atoms with Gasteiger partial charge in [-0.25, -0.2) is 12.7 Å². The van der Waals surface area contributed by atoms with Gasteiger partial charge in [-0.1, -0.05) is 75.2 Å². The number of rotatable bonds is 8. The second kappa shape index (κ2) is 10.1. The molecule has 8 rings (SSSR count). The second-order valence-electron chi connectivity index (χ2n) is 10.8. The molecule has 0 unspecified atom stereocenters. The molecule has 2 bridgehead atoms. The van der Waals surface area contributed by atoms with Crippen molar-refractivity contribution < 1.29 is 22.7 Å². The highest BCUT2D eigenvalue weighted by molar-refractivity contribution is 8.78. The van der Waals surface area contributed by atoms with E-state index in [1.165, 1.54) is 30.8 Å². The monoisotopic (exact) mass is 634 g/mol. The summed E-state index contributed by atoms with van der Waals surface area (Å²) in [7, 11) is 0.170. The molecule has 0 aromatic heterocycles. The molecule has 0 radical (unpaired) electrons. The topological polar surface area (TPSA) is 136 Å². The predicted octanol–water partition coefficient (Wildman–Crippen LogP) is 4.71. The normalized spacial score (nSPS) is 27.0. The molecule has 0 saturated carbocycles. The van der Waals surface area contributed by atoms with Gasteiger partial charge in [-0.2, -0.15) is 0 Å². The molecule has 220 valence electrons. The molecule has 43 heavy (non-hydrogen) atoms. The second-order valence-corrected chi connectivity index (χ2v) is 15.1. The molecular weight excluding hydrogens is 609 g/mol. The average molecular weight is 635 g/mol. The minimum Gasteiger partial charge on any atom is -0.494 e. The van der Waals surface area contributed by atoms with E-state index in [1.54, 1.807) is 54.4 Å². The fourth-order valence-corrected chi connectivity index (χ4v) is 11.9. The number of sulfonamides is 1. The summed E-state index contributed by atoms with van der Waals surface area (Å²) in [5.41, 5.74) is 9.44. The Morgan fingerprint density at radius 3 is 2.51 bits per heavy atom. The molecule has 5 heterocycles. The van der Waals surface area contributed by atoms with E-state index in [-0.39, 0.29) is 23.1 Å². The summed E-state index contributed by atoms with van der Waals surface area (Å²) in [4.78, 5) is 32.8. The van der Waals surface area contributed by atoms with E-state index in [9.17, 15) is 18.0 Å². The zero-order valence-electron chi connectivity index (χ0n) is 22.9. The highest BCUT2D eigenvalue weighted by Crippen LogP contribution is 2.69. The van der Waals surface area contributed by atoms with Gasteiger partial charge in [0.2, 0.25) is 0 Å². The number of carbonyl (C=O) groups is 2. The van der Waals surface area contributed by atoms with Crippen LogP contribution in [0.4, 0.5) is 5.69 Å². The summed E-state index contributed by atoms with van der Waals surface area (Å²) in [6, 6.07) is 22.9. The molecular formula is C29H26N6O5S3. The van der Waals surface area contributed by atoms with Crippen LogP contribution in [0, 0.1) is 0 Å². The number of piperazine rings is 1. The van der Waals surface area contributed by atoms with Crippen molar-refractivity contribution in [1.29, 1.82) is 0 Å². The number of likely N-dealkylation sites (N-methyl/N-ethyl adjacent to an activating group) is 1. The molecule has 14 heteroatoms.